The third kappa shape index (κ3) is 3.30. The van der Waals surface area contributed by atoms with Crippen LogP contribution in [0.4, 0.5) is 18.9 Å². The minimum Gasteiger partial charge on any atom is -0.258 e. The summed E-state index contributed by atoms with van der Waals surface area (Å²) in [5.74, 6) is -2.09. The second kappa shape index (κ2) is 5.96. The van der Waals surface area contributed by atoms with Crippen LogP contribution >= 0.6 is 11.8 Å². The first-order chi connectivity index (χ1) is 9.47. The number of nitrogens with zero attached hydrogens (tertiary/aromatic N) is 1. The van der Waals surface area contributed by atoms with E-state index in [9.17, 15) is 23.3 Å². The van der Waals surface area contributed by atoms with Gasteiger partial charge in [0.1, 0.15) is 11.6 Å². The molecule has 0 aliphatic carbocycles. The summed E-state index contributed by atoms with van der Waals surface area (Å²) in [4.78, 5) is 9.88. The summed E-state index contributed by atoms with van der Waals surface area (Å²) >= 11 is 1.05. The van der Waals surface area contributed by atoms with Crippen LogP contribution in [0, 0.1) is 27.6 Å². The summed E-state index contributed by atoms with van der Waals surface area (Å²) in [7, 11) is 0. The van der Waals surface area contributed by atoms with Gasteiger partial charge in [0.15, 0.2) is 0 Å². The smallest absolute Gasteiger partial charge is 0.258 e. The van der Waals surface area contributed by atoms with Crippen molar-refractivity contribution in [2.24, 2.45) is 0 Å². The van der Waals surface area contributed by atoms with E-state index in [-0.39, 0.29) is 10.6 Å². The van der Waals surface area contributed by atoms with Gasteiger partial charge in [0, 0.05) is 22.8 Å². The molecule has 0 unspecified atom stereocenters. The molecule has 0 spiro atoms. The van der Waals surface area contributed by atoms with Crippen molar-refractivity contribution >= 4 is 17.4 Å². The molecule has 3 nitrogen and oxygen atoms in total. The number of nitro groups is 1. The van der Waals surface area contributed by atoms with Gasteiger partial charge < -0.3 is 0 Å². The molecule has 0 N–H and O–H groups in total. The van der Waals surface area contributed by atoms with E-state index in [0.717, 1.165) is 36.0 Å². The zero-order chi connectivity index (χ0) is 14.7. The van der Waals surface area contributed by atoms with Gasteiger partial charge in [-0.25, -0.2) is 8.78 Å². The van der Waals surface area contributed by atoms with Crippen LogP contribution in [-0.4, -0.2) is 4.92 Å². The lowest BCUT2D eigenvalue weighted by Crippen LogP contribution is -1.93. The fraction of sp³-hybridized carbons (Fsp3) is 0.0769. The topological polar surface area (TPSA) is 43.1 Å². The second-order valence-corrected chi connectivity index (χ2v) is 4.92. The van der Waals surface area contributed by atoms with E-state index in [1.54, 1.807) is 0 Å². The van der Waals surface area contributed by atoms with Crippen molar-refractivity contribution in [2.75, 3.05) is 0 Å². The van der Waals surface area contributed by atoms with Gasteiger partial charge in [0.05, 0.1) is 4.92 Å². The molecule has 0 atom stereocenters. The van der Waals surface area contributed by atoms with Crippen LogP contribution < -0.4 is 0 Å². The monoisotopic (exact) mass is 299 g/mol. The molecule has 2 aromatic carbocycles. The Morgan fingerprint density at radius 1 is 1.05 bits per heavy atom. The normalized spacial score (nSPS) is 10.6. The van der Waals surface area contributed by atoms with Crippen LogP contribution in [0.5, 0.6) is 0 Å². The molecule has 0 saturated heterocycles. The van der Waals surface area contributed by atoms with Crippen molar-refractivity contribution in [3.63, 3.8) is 0 Å². The molecule has 2 aromatic rings. The number of nitro benzene ring substituents is 1. The molecule has 20 heavy (non-hydrogen) atoms. The molecule has 0 radical (unpaired) electrons. The SMILES string of the molecule is O=[N+]([O-])c1ccc(CSc2ccc(F)cc2F)cc1F. The minimum absolute atomic E-state index is 0.220. The number of hydrogen-bond acceptors (Lipinski definition) is 3. The first-order valence-corrected chi connectivity index (χ1v) is 6.46. The summed E-state index contributed by atoms with van der Waals surface area (Å²) in [6.45, 7) is 0. The molecule has 0 saturated carbocycles. The standard InChI is InChI=1S/C13H8F3NO2S/c14-9-2-4-13(11(16)6-9)20-7-8-1-3-12(17(18)19)10(15)5-8/h1-6H,7H2. The predicted molar refractivity (Wildman–Crippen MR) is 69.0 cm³/mol. The number of hydrogen-bond donors (Lipinski definition) is 0. The van der Waals surface area contributed by atoms with Crippen LogP contribution in [0.15, 0.2) is 41.3 Å². The van der Waals surface area contributed by atoms with E-state index in [1.807, 2.05) is 0 Å². The van der Waals surface area contributed by atoms with Gasteiger partial charge in [0.25, 0.3) is 0 Å². The van der Waals surface area contributed by atoms with E-state index in [0.29, 0.717) is 5.56 Å². The number of rotatable bonds is 4. The highest BCUT2D eigenvalue weighted by atomic mass is 32.2. The van der Waals surface area contributed by atoms with E-state index in [4.69, 9.17) is 0 Å². The zero-order valence-electron chi connectivity index (χ0n) is 9.98. The molecule has 0 aromatic heterocycles. The molecule has 0 fully saturated rings. The highest BCUT2D eigenvalue weighted by Crippen LogP contribution is 2.27. The maximum absolute atomic E-state index is 13.4. The molecule has 0 aliphatic heterocycles. The number of halogens is 3. The molecule has 2 rings (SSSR count). The van der Waals surface area contributed by atoms with Crippen molar-refractivity contribution in [1.82, 2.24) is 0 Å². The van der Waals surface area contributed by atoms with E-state index >= 15 is 0 Å². The molecular formula is C13H8F3NO2S. The van der Waals surface area contributed by atoms with Crippen molar-refractivity contribution in [3.05, 3.63) is 69.5 Å². The van der Waals surface area contributed by atoms with Gasteiger partial charge >= 0.3 is 5.69 Å². The first kappa shape index (κ1) is 14.4. The number of benzene rings is 2. The highest BCUT2D eigenvalue weighted by Gasteiger charge is 2.14. The number of thioether (sulfide) groups is 1. The lowest BCUT2D eigenvalue weighted by Gasteiger charge is -2.04. The van der Waals surface area contributed by atoms with Crippen LogP contribution in [0.1, 0.15) is 5.56 Å². The second-order valence-electron chi connectivity index (χ2n) is 3.91. The molecule has 7 heteroatoms. The van der Waals surface area contributed by atoms with Crippen molar-refractivity contribution < 1.29 is 18.1 Å². The Hall–Kier alpha value is -2.02. The summed E-state index contributed by atoms with van der Waals surface area (Å²) < 4.78 is 39.5. The Bertz CT molecular complexity index is 664. The van der Waals surface area contributed by atoms with Crippen LogP contribution in [0.3, 0.4) is 0 Å². The Balaban J connectivity index is 2.11. The van der Waals surface area contributed by atoms with Gasteiger partial charge in [-0.1, -0.05) is 6.07 Å². The first-order valence-electron chi connectivity index (χ1n) is 5.48. The maximum atomic E-state index is 13.4. The minimum atomic E-state index is -0.937. The Kier molecular flexibility index (Phi) is 4.29. The van der Waals surface area contributed by atoms with E-state index < -0.39 is 28.1 Å². The molecule has 0 heterocycles. The fourth-order valence-electron chi connectivity index (χ4n) is 1.54. The third-order valence-corrected chi connectivity index (χ3v) is 3.62. The van der Waals surface area contributed by atoms with Gasteiger partial charge in [-0.15, -0.1) is 11.8 Å². The molecule has 104 valence electrons. The van der Waals surface area contributed by atoms with Crippen LogP contribution in [0.25, 0.3) is 0 Å². The van der Waals surface area contributed by atoms with Crippen LogP contribution in [0.2, 0.25) is 0 Å². The lowest BCUT2D eigenvalue weighted by molar-refractivity contribution is -0.387. The van der Waals surface area contributed by atoms with Crippen molar-refractivity contribution in [3.8, 4) is 0 Å². The summed E-state index contributed by atoms with van der Waals surface area (Å²) in [5.41, 5.74) is -0.131. The summed E-state index contributed by atoms with van der Waals surface area (Å²) in [6.07, 6.45) is 0. The zero-order valence-corrected chi connectivity index (χ0v) is 10.8. The van der Waals surface area contributed by atoms with Gasteiger partial charge in [-0.3, -0.25) is 10.1 Å². The van der Waals surface area contributed by atoms with Gasteiger partial charge in [-0.2, -0.15) is 4.39 Å². The van der Waals surface area contributed by atoms with Crippen molar-refractivity contribution in [1.29, 1.82) is 0 Å². The molecule has 0 bridgehead atoms. The Morgan fingerprint density at radius 3 is 2.40 bits per heavy atom. The summed E-state index contributed by atoms with van der Waals surface area (Å²) in [6, 6.07) is 6.67. The quantitative estimate of drug-likeness (QED) is 0.480. The third-order valence-electron chi connectivity index (χ3n) is 2.50. The predicted octanol–water partition coefficient (Wildman–Crippen LogP) is 4.30. The van der Waals surface area contributed by atoms with Gasteiger partial charge in [0.2, 0.25) is 5.82 Å². The average Bonchev–Trinajstić information content (AvgIpc) is 2.37. The highest BCUT2D eigenvalue weighted by molar-refractivity contribution is 7.98. The summed E-state index contributed by atoms with van der Waals surface area (Å²) in [5, 5.41) is 10.5. The fourth-order valence-corrected chi connectivity index (χ4v) is 2.40. The molecule has 0 amide bonds. The lowest BCUT2D eigenvalue weighted by atomic mass is 10.2. The van der Waals surface area contributed by atoms with Crippen LogP contribution in [-0.2, 0) is 5.75 Å². The van der Waals surface area contributed by atoms with Crippen molar-refractivity contribution in [2.45, 2.75) is 10.6 Å². The van der Waals surface area contributed by atoms with E-state index in [2.05, 4.69) is 0 Å². The Morgan fingerprint density at radius 2 is 1.80 bits per heavy atom. The Labute approximate surface area is 116 Å². The molecular weight excluding hydrogens is 291 g/mol. The average molecular weight is 299 g/mol. The maximum Gasteiger partial charge on any atom is 0.304 e. The van der Waals surface area contributed by atoms with E-state index in [1.165, 1.54) is 12.1 Å². The molecule has 0 aliphatic rings. The van der Waals surface area contributed by atoms with Gasteiger partial charge in [-0.05, 0) is 23.8 Å². The largest absolute Gasteiger partial charge is 0.304 e.